The second-order valence-corrected chi connectivity index (χ2v) is 6.80. The molecule has 1 saturated carbocycles. The van der Waals surface area contributed by atoms with Crippen LogP contribution in [0.4, 0.5) is 0 Å². The molecule has 2 fully saturated rings. The maximum Gasteiger partial charge on any atom is 0.0594 e. The van der Waals surface area contributed by atoms with Crippen LogP contribution in [0.2, 0.25) is 0 Å². The van der Waals surface area contributed by atoms with Crippen LogP contribution in [0.25, 0.3) is 0 Å². The van der Waals surface area contributed by atoms with E-state index in [1.807, 2.05) is 0 Å². The third kappa shape index (κ3) is 3.06. The minimum atomic E-state index is 0.106. The van der Waals surface area contributed by atoms with Crippen molar-refractivity contribution in [2.24, 2.45) is 17.6 Å². The average Bonchev–Trinajstić information content (AvgIpc) is 2.40. The molecule has 2 N–H and O–H groups in total. The van der Waals surface area contributed by atoms with Gasteiger partial charge in [0.15, 0.2) is 0 Å². The van der Waals surface area contributed by atoms with Gasteiger partial charge in [0, 0.05) is 24.7 Å². The monoisotopic (exact) mass is 254 g/mol. The van der Waals surface area contributed by atoms with E-state index in [4.69, 9.17) is 10.5 Å². The van der Waals surface area contributed by atoms with Gasteiger partial charge in [-0.1, -0.05) is 19.8 Å². The summed E-state index contributed by atoms with van der Waals surface area (Å²) in [4.78, 5) is 2.53. The van der Waals surface area contributed by atoms with E-state index in [0.29, 0.717) is 12.0 Å². The molecule has 0 bridgehead atoms. The van der Waals surface area contributed by atoms with Crippen molar-refractivity contribution < 1.29 is 4.74 Å². The van der Waals surface area contributed by atoms with Gasteiger partial charge in [-0.3, -0.25) is 4.90 Å². The molecule has 2 aliphatic rings. The van der Waals surface area contributed by atoms with Crippen molar-refractivity contribution in [2.45, 2.75) is 58.0 Å². The van der Waals surface area contributed by atoms with Crippen LogP contribution in [-0.4, -0.2) is 42.8 Å². The summed E-state index contributed by atoms with van der Waals surface area (Å²) in [5.41, 5.74) is 6.73. The summed E-state index contributed by atoms with van der Waals surface area (Å²) in [5, 5.41) is 0. The largest absolute Gasteiger partial charge is 0.379 e. The summed E-state index contributed by atoms with van der Waals surface area (Å²) in [6.07, 6.45) is 5.35. The van der Waals surface area contributed by atoms with Crippen LogP contribution in [0, 0.1) is 11.8 Å². The Morgan fingerprint density at radius 2 is 1.67 bits per heavy atom. The molecule has 1 saturated heterocycles. The molecule has 0 amide bonds. The first-order valence-corrected chi connectivity index (χ1v) is 7.60. The maximum absolute atomic E-state index is 6.62. The Bertz CT molecular complexity index is 253. The van der Waals surface area contributed by atoms with E-state index in [1.165, 1.54) is 25.7 Å². The van der Waals surface area contributed by atoms with Gasteiger partial charge in [-0.05, 0) is 38.5 Å². The van der Waals surface area contributed by atoms with Gasteiger partial charge in [0.1, 0.15) is 0 Å². The van der Waals surface area contributed by atoms with Crippen molar-refractivity contribution in [3.8, 4) is 0 Å². The van der Waals surface area contributed by atoms with E-state index >= 15 is 0 Å². The topological polar surface area (TPSA) is 38.5 Å². The van der Waals surface area contributed by atoms with Crippen molar-refractivity contribution in [3.05, 3.63) is 0 Å². The smallest absolute Gasteiger partial charge is 0.0594 e. The summed E-state index contributed by atoms with van der Waals surface area (Å²) in [6.45, 7) is 10.8. The zero-order valence-corrected chi connectivity index (χ0v) is 12.3. The van der Waals surface area contributed by atoms with Gasteiger partial charge >= 0.3 is 0 Å². The Kier molecular flexibility index (Phi) is 4.68. The normalized spacial score (nSPS) is 33.3. The molecule has 0 radical (unpaired) electrons. The number of morpholine rings is 1. The lowest BCUT2D eigenvalue weighted by Crippen LogP contribution is -2.61. The van der Waals surface area contributed by atoms with E-state index < -0.39 is 0 Å². The summed E-state index contributed by atoms with van der Waals surface area (Å²) >= 11 is 0. The number of nitrogens with zero attached hydrogens (tertiary/aromatic N) is 1. The van der Waals surface area contributed by atoms with Crippen molar-refractivity contribution in [3.63, 3.8) is 0 Å². The second kappa shape index (κ2) is 5.89. The lowest BCUT2D eigenvalue weighted by molar-refractivity contribution is -0.0287. The lowest BCUT2D eigenvalue weighted by Gasteiger charge is -2.48. The molecule has 0 aromatic rings. The predicted octanol–water partition coefficient (Wildman–Crippen LogP) is 2.25. The summed E-state index contributed by atoms with van der Waals surface area (Å²) in [5.74, 6) is 1.61. The number of hydrogen-bond acceptors (Lipinski definition) is 3. The molecule has 2 rings (SSSR count). The Hall–Kier alpha value is -0.120. The third-order valence-corrected chi connectivity index (χ3v) is 5.21. The molecule has 18 heavy (non-hydrogen) atoms. The molecule has 1 aliphatic heterocycles. The van der Waals surface area contributed by atoms with Gasteiger partial charge in [0.05, 0.1) is 13.2 Å². The van der Waals surface area contributed by atoms with Gasteiger partial charge < -0.3 is 10.5 Å². The van der Waals surface area contributed by atoms with Gasteiger partial charge in [-0.2, -0.15) is 0 Å². The highest BCUT2D eigenvalue weighted by atomic mass is 16.5. The molecular formula is C15H30N2O. The van der Waals surface area contributed by atoms with Crippen LogP contribution < -0.4 is 5.73 Å². The molecule has 3 nitrogen and oxygen atoms in total. The molecule has 0 aromatic carbocycles. The average molecular weight is 254 g/mol. The quantitative estimate of drug-likeness (QED) is 0.839. The van der Waals surface area contributed by atoms with Crippen molar-refractivity contribution in [1.29, 1.82) is 0 Å². The Balaban J connectivity index is 1.95. The minimum absolute atomic E-state index is 0.106. The zero-order chi connectivity index (χ0) is 13.2. The fraction of sp³-hybridized carbons (Fsp3) is 1.00. The first kappa shape index (κ1) is 14.3. The molecule has 1 aliphatic carbocycles. The van der Waals surface area contributed by atoms with E-state index in [9.17, 15) is 0 Å². The highest BCUT2D eigenvalue weighted by molar-refractivity contribution is 4.97. The molecular weight excluding hydrogens is 224 g/mol. The standard InChI is InChI=1S/C15H30N2O/c1-12-4-6-13(7-5-12)14(16)15(2,3)17-8-10-18-11-9-17/h12-14H,4-11,16H2,1-3H3. The first-order chi connectivity index (χ1) is 8.51. The highest BCUT2D eigenvalue weighted by Crippen LogP contribution is 2.34. The molecule has 0 aromatic heterocycles. The Morgan fingerprint density at radius 3 is 2.22 bits per heavy atom. The SMILES string of the molecule is CC1CCC(C(N)C(C)(C)N2CCOCC2)CC1. The molecule has 1 unspecified atom stereocenters. The number of nitrogens with two attached hydrogens (primary N) is 1. The van der Waals surface area contributed by atoms with Crippen molar-refractivity contribution >= 4 is 0 Å². The van der Waals surface area contributed by atoms with Gasteiger partial charge in [0.25, 0.3) is 0 Å². The van der Waals surface area contributed by atoms with E-state index in [1.54, 1.807) is 0 Å². The Morgan fingerprint density at radius 1 is 1.11 bits per heavy atom. The van der Waals surface area contributed by atoms with E-state index in [2.05, 4.69) is 25.7 Å². The van der Waals surface area contributed by atoms with Crippen LogP contribution >= 0.6 is 0 Å². The Labute approximate surface area is 112 Å². The summed E-state index contributed by atoms with van der Waals surface area (Å²) < 4.78 is 5.45. The van der Waals surface area contributed by atoms with Crippen LogP contribution in [0.5, 0.6) is 0 Å². The third-order valence-electron chi connectivity index (χ3n) is 5.21. The van der Waals surface area contributed by atoms with Crippen molar-refractivity contribution in [1.82, 2.24) is 4.90 Å². The van der Waals surface area contributed by atoms with Gasteiger partial charge in [-0.25, -0.2) is 0 Å². The van der Waals surface area contributed by atoms with Gasteiger partial charge in [0.2, 0.25) is 0 Å². The van der Waals surface area contributed by atoms with E-state index in [0.717, 1.165) is 32.2 Å². The maximum atomic E-state index is 6.62. The molecule has 1 atom stereocenters. The lowest BCUT2D eigenvalue weighted by atomic mass is 9.73. The van der Waals surface area contributed by atoms with Crippen molar-refractivity contribution in [2.75, 3.05) is 26.3 Å². The van der Waals surface area contributed by atoms with Crippen LogP contribution in [0.3, 0.4) is 0 Å². The fourth-order valence-electron chi connectivity index (χ4n) is 3.57. The first-order valence-electron chi connectivity index (χ1n) is 7.60. The summed E-state index contributed by atoms with van der Waals surface area (Å²) in [6, 6.07) is 0.295. The number of hydrogen-bond donors (Lipinski definition) is 1. The van der Waals surface area contributed by atoms with Crippen LogP contribution in [0.1, 0.15) is 46.5 Å². The summed E-state index contributed by atoms with van der Waals surface area (Å²) in [7, 11) is 0. The predicted molar refractivity (Wildman–Crippen MR) is 75.6 cm³/mol. The van der Waals surface area contributed by atoms with Crippen LogP contribution in [-0.2, 0) is 4.74 Å². The van der Waals surface area contributed by atoms with Gasteiger partial charge in [-0.15, -0.1) is 0 Å². The molecule has 3 heteroatoms. The fourth-order valence-corrected chi connectivity index (χ4v) is 3.57. The number of rotatable bonds is 3. The highest BCUT2D eigenvalue weighted by Gasteiger charge is 2.39. The van der Waals surface area contributed by atoms with E-state index in [-0.39, 0.29) is 5.54 Å². The molecule has 106 valence electrons. The number of ether oxygens (including phenoxy) is 1. The minimum Gasteiger partial charge on any atom is -0.379 e. The molecule has 0 spiro atoms. The van der Waals surface area contributed by atoms with Crippen LogP contribution in [0.15, 0.2) is 0 Å². The zero-order valence-electron chi connectivity index (χ0n) is 12.3. The molecule has 1 heterocycles. The second-order valence-electron chi connectivity index (χ2n) is 6.80.